The van der Waals surface area contributed by atoms with Gasteiger partial charge in [-0.25, -0.2) is 0 Å². The van der Waals surface area contributed by atoms with Crippen LogP contribution in [0.3, 0.4) is 0 Å². The second kappa shape index (κ2) is 9.60. The molecule has 2 saturated carbocycles. The number of amides is 2. The number of ether oxygens (including phenoxy) is 1. The molecule has 2 fully saturated rings. The third-order valence-corrected chi connectivity index (χ3v) is 7.96. The van der Waals surface area contributed by atoms with E-state index in [-0.39, 0.29) is 46.9 Å². The molecular formula is C25H38N2O4. The van der Waals surface area contributed by atoms with Crippen LogP contribution in [0.25, 0.3) is 0 Å². The lowest BCUT2D eigenvalue weighted by Gasteiger charge is -2.56. The Balaban J connectivity index is 1.65. The highest BCUT2D eigenvalue weighted by molar-refractivity contribution is 5.78. The van der Waals surface area contributed by atoms with Crippen LogP contribution in [0, 0.1) is 29.1 Å². The number of rotatable bonds is 6. The molecule has 0 radical (unpaired) electrons. The van der Waals surface area contributed by atoms with Crippen LogP contribution in [0.4, 0.5) is 0 Å². The van der Waals surface area contributed by atoms with Gasteiger partial charge in [0.05, 0.1) is 13.2 Å². The lowest BCUT2D eigenvalue weighted by molar-refractivity contribution is -0.143. The summed E-state index contributed by atoms with van der Waals surface area (Å²) in [4.78, 5) is 24.5. The standard InChI is InChI=1S/C25H38N2O4/c1-15(24(30)26-14-18-6-8-19(31-5)9-7-18)20-10-12-25(4)13-11-21(27-17(3)28)16(2)22(25)23(20)29/h6-9,15-16,20-23,29H,10-14H2,1-5H3,(H,26,30)(H,27,28). The van der Waals surface area contributed by atoms with Crippen LogP contribution in [-0.2, 0) is 16.1 Å². The number of carbonyl (C=O) groups is 2. The predicted octanol–water partition coefficient (Wildman–Crippen LogP) is 3.28. The molecule has 7 unspecified atom stereocenters. The van der Waals surface area contributed by atoms with E-state index in [9.17, 15) is 14.7 Å². The van der Waals surface area contributed by atoms with Gasteiger partial charge in [0.25, 0.3) is 0 Å². The lowest BCUT2D eigenvalue weighted by Crippen LogP contribution is -2.58. The van der Waals surface area contributed by atoms with Crippen LogP contribution in [0.15, 0.2) is 24.3 Å². The molecule has 0 aliphatic heterocycles. The normalized spacial score (nSPS) is 33.7. The molecule has 172 valence electrons. The van der Waals surface area contributed by atoms with Crippen LogP contribution in [0.1, 0.15) is 58.9 Å². The zero-order valence-corrected chi connectivity index (χ0v) is 19.5. The van der Waals surface area contributed by atoms with Crippen LogP contribution >= 0.6 is 0 Å². The van der Waals surface area contributed by atoms with E-state index in [0.717, 1.165) is 37.0 Å². The van der Waals surface area contributed by atoms with Gasteiger partial charge in [0.15, 0.2) is 0 Å². The monoisotopic (exact) mass is 430 g/mol. The highest BCUT2D eigenvalue weighted by atomic mass is 16.5. The van der Waals surface area contributed by atoms with Crippen molar-refractivity contribution < 1.29 is 19.4 Å². The van der Waals surface area contributed by atoms with Gasteiger partial charge in [0, 0.05) is 25.4 Å². The fourth-order valence-electron chi connectivity index (χ4n) is 6.05. The molecule has 2 aliphatic rings. The number of carbonyl (C=O) groups excluding carboxylic acids is 2. The number of aliphatic hydroxyl groups is 1. The summed E-state index contributed by atoms with van der Waals surface area (Å²) in [7, 11) is 1.63. The molecule has 3 N–H and O–H groups in total. The van der Waals surface area contributed by atoms with Crippen molar-refractivity contribution in [3.05, 3.63) is 29.8 Å². The van der Waals surface area contributed by atoms with E-state index >= 15 is 0 Å². The SMILES string of the molecule is COc1ccc(CNC(=O)C(C)C2CCC3(C)CCC(NC(C)=O)C(C)C3C2O)cc1. The topological polar surface area (TPSA) is 87.7 Å². The molecule has 1 aromatic carbocycles. The second-order valence-corrected chi connectivity index (χ2v) is 9.93. The fraction of sp³-hybridized carbons (Fsp3) is 0.680. The smallest absolute Gasteiger partial charge is 0.223 e. The molecule has 0 saturated heterocycles. The van der Waals surface area contributed by atoms with Crippen LogP contribution in [0.5, 0.6) is 5.75 Å². The molecule has 6 heteroatoms. The number of hydrogen-bond donors (Lipinski definition) is 3. The van der Waals surface area contributed by atoms with Gasteiger partial charge in [-0.05, 0) is 66.5 Å². The van der Waals surface area contributed by atoms with E-state index in [1.165, 1.54) is 0 Å². The van der Waals surface area contributed by atoms with E-state index < -0.39 is 6.10 Å². The maximum absolute atomic E-state index is 12.9. The molecule has 3 rings (SSSR count). The summed E-state index contributed by atoms with van der Waals surface area (Å²) in [5, 5.41) is 17.5. The van der Waals surface area contributed by atoms with Crippen LogP contribution in [0.2, 0.25) is 0 Å². The Morgan fingerprint density at radius 2 is 1.87 bits per heavy atom. The number of nitrogens with one attached hydrogen (secondary N) is 2. The van der Waals surface area contributed by atoms with Gasteiger partial charge < -0.3 is 20.5 Å². The molecule has 0 bridgehead atoms. The molecule has 31 heavy (non-hydrogen) atoms. The highest BCUT2D eigenvalue weighted by Crippen LogP contribution is 2.55. The summed E-state index contributed by atoms with van der Waals surface area (Å²) in [5.74, 6) is 0.650. The van der Waals surface area contributed by atoms with Crippen molar-refractivity contribution in [3.63, 3.8) is 0 Å². The number of hydrogen-bond acceptors (Lipinski definition) is 4. The van der Waals surface area contributed by atoms with Crippen molar-refractivity contribution in [1.29, 1.82) is 0 Å². The van der Waals surface area contributed by atoms with E-state index in [1.54, 1.807) is 14.0 Å². The quantitative estimate of drug-likeness (QED) is 0.646. The van der Waals surface area contributed by atoms with Crippen molar-refractivity contribution in [2.24, 2.45) is 29.1 Å². The highest BCUT2D eigenvalue weighted by Gasteiger charge is 2.53. The molecule has 0 aromatic heterocycles. The Bertz CT molecular complexity index is 780. The summed E-state index contributed by atoms with van der Waals surface area (Å²) in [5.41, 5.74) is 1.07. The summed E-state index contributed by atoms with van der Waals surface area (Å²) < 4.78 is 5.17. The summed E-state index contributed by atoms with van der Waals surface area (Å²) in [6.45, 7) is 8.35. The average molecular weight is 431 g/mol. The molecule has 0 spiro atoms. The van der Waals surface area contributed by atoms with Crippen molar-refractivity contribution in [3.8, 4) is 5.75 Å². The van der Waals surface area contributed by atoms with Gasteiger partial charge in [0.2, 0.25) is 11.8 Å². The molecule has 0 heterocycles. The third-order valence-electron chi connectivity index (χ3n) is 7.96. The first-order valence-corrected chi connectivity index (χ1v) is 11.5. The Labute approximate surface area is 186 Å². The summed E-state index contributed by atoms with van der Waals surface area (Å²) in [6.07, 6.45) is 3.25. The van der Waals surface area contributed by atoms with E-state index in [4.69, 9.17) is 4.74 Å². The summed E-state index contributed by atoms with van der Waals surface area (Å²) in [6, 6.07) is 7.73. The molecule has 6 nitrogen and oxygen atoms in total. The van der Waals surface area contributed by atoms with Crippen molar-refractivity contribution >= 4 is 11.8 Å². The second-order valence-electron chi connectivity index (χ2n) is 9.93. The van der Waals surface area contributed by atoms with Crippen molar-refractivity contribution in [2.45, 2.75) is 72.1 Å². The van der Waals surface area contributed by atoms with E-state index in [0.29, 0.717) is 6.54 Å². The maximum atomic E-state index is 12.9. The molecule has 1 aromatic rings. The zero-order chi connectivity index (χ0) is 22.8. The van der Waals surface area contributed by atoms with E-state index in [2.05, 4.69) is 24.5 Å². The Kier molecular flexibility index (Phi) is 7.30. The largest absolute Gasteiger partial charge is 0.497 e. The fourth-order valence-corrected chi connectivity index (χ4v) is 6.05. The number of benzene rings is 1. The first kappa shape index (κ1) is 23.6. The van der Waals surface area contributed by atoms with Crippen LogP contribution in [-0.4, -0.2) is 36.2 Å². The average Bonchev–Trinajstić information content (AvgIpc) is 2.74. The Hall–Kier alpha value is -2.08. The van der Waals surface area contributed by atoms with E-state index in [1.807, 2.05) is 31.2 Å². The zero-order valence-electron chi connectivity index (χ0n) is 19.5. The Morgan fingerprint density at radius 1 is 1.23 bits per heavy atom. The van der Waals surface area contributed by atoms with Gasteiger partial charge >= 0.3 is 0 Å². The maximum Gasteiger partial charge on any atom is 0.223 e. The molecule has 7 atom stereocenters. The Morgan fingerprint density at radius 3 is 2.48 bits per heavy atom. The first-order chi connectivity index (χ1) is 14.7. The van der Waals surface area contributed by atoms with Gasteiger partial charge in [-0.1, -0.05) is 32.9 Å². The minimum atomic E-state index is -0.549. The number of aliphatic hydroxyl groups excluding tert-OH is 1. The van der Waals surface area contributed by atoms with Gasteiger partial charge in [-0.2, -0.15) is 0 Å². The minimum Gasteiger partial charge on any atom is -0.497 e. The van der Waals surface area contributed by atoms with Crippen molar-refractivity contribution in [2.75, 3.05) is 7.11 Å². The summed E-state index contributed by atoms with van der Waals surface area (Å²) >= 11 is 0. The molecule has 2 amide bonds. The van der Waals surface area contributed by atoms with Crippen LogP contribution < -0.4 is 15.4 Å². The number of methoxy groups -OCH3 is 1. The van der Waals surface area contributed by atoms with Crippen molar-refractivity contribution in [1.82, 2.24) is 10.6 Å². The first-order valence-electron chi connectivity index (χ1n) is 11.5. The van der Waals surface area contributed by atoms with Gasteiger partial charge in [0.1, 0.15) is 5.75 Å². The van der Waals surface area contributed by atoms with Gasteiger partial charge in [-0.15, -0.1) is 0 Å². The molecule has 2 aliphatic carbocycles. The lowest BCUT2D eigenvalue weighted by atomic mass is 9.51. The molecular weight excluding hydrogens is 392 g/mol. The predicted molar refractivity (Wildman–Crippen MR) is 120 cm³/mol. The van der Waals surface area contributed by atoms with Gasteiger partial charge in [-0.3, -0.25) is 9.59 Å². The third kappa shape index (κ3) is 5.05. The number of fused-ring (bicyclic) bond motifs is 1. The minimum absolute atomic E-state index is 0.0198.